The average molecular weight is 543 g/mol. The molecule has 198 valence electrons. The van der Waals surface area contributed by atoms with E-state index in [4.69, 9.17) is 4.78 Å². The molecule has 2 aliphatic heterocycles. The number of carbonyl (C=O) groups is 2. The number of phenolic OH excluding ortho intramolecular Hbond substituents is 1. The molecule has 2 aromatic carbocycles. The smallest absolute Gasteiger partial charge is 0.336 e. The van der Waals surface area contributed by atoms with E-state index in [0.29, 0.717) is 11.4 Å². The van der Waals surface area contributed by atoms with Crippen molar-refractivity contribution in [2.75, 3.05) is 28.3 Å². The summed E-state index contributed by atoms with van der Waals surface area (Å²) in [6.45, 7) is 12.0. The molecule has 0 aromatic heterocycles. The maximum absolute atomic E-state index is 13.5. The van der Waals surface area contributed by atoms with Gasteiger partial charge in [0, 0.05) is 29.5 Å². The van der Waals surface area contributed by atoms with E-state index in [0.717, 1.165) is 21.8 Å². The fourth-order valence-corrected chi connectivity index (χ4v) is 5.43. The van der Waals surface area contributed by atoms with Gasteiger partial charge in [-0.05, 0) is 69.4 Å². The zero-order chi connectivity index (χ0) is 26.6. The lowest BCUT2D eigenvalue weighted by molar-refractivity contribution is -0.115. The minimum absolute atomic E-state index is 0. The lowest BCUT2D eigenvalue weighted by Crippen LogP contribution is -2.33. The molecule has 2 heterocycles. The van der Waals surface area contributed by atoms with Gasteiger partial charge in [-0.15, -0.1) is 12.4 Å². The number of benzene rings is 2. The highest BCUT2D eigenvalue weighted by Crippen LogP contribution is 2.42. The fraction of sp³-hybridized carbons (Fsp3) is 0.357. The number of nitrogens with one attached hydrogen (secondary N) is 1. The molecule has 1 saturated heterocycles. The van der Waals surface area contributed by atoms with E-state index in [1.165, 1.54) is 9.80 Å². The summed E-state index contributed by atoms with van der Waals surface area (Å²) in [5, 5.41) is 13.8. The second-order valence-corrected chi connectivity index (χ2v) is 12.6. The molecule has 3 amide bonds. The van der Waals surface area contributed by atoms with E-state index in [9.17, 15) is 14.7 Å². The Kier molecular flexibility index (Phi) is 7.68. The largest absolute Gasteiger partial charge is 0.507 e. The van der Waals surface area contributed by atoms with Gasteiger partial charge in [0.15, 0.2) is 0 Å². The maximum Gasteiger partial charge on any atom is 0.336 e. The van der Waals surface area contributed by atoms with Gasteiger partial charge in [0.2, 0.25) is 0 Å². The molecule has 2 aromatic rings. The van der Waals surface area contributed by atoms with Crippen molar-refractivity contribution in [3.63, 3.8) is 0 Å². The van der Waals surface area contributed by atoms with Crippen molar-refractivity contribution in [3.05, 3.63) is 70.1 Å². The molecule has 0 spiro atoms. The molecule has 1 unspecified atom stereocenters. The summed E-state index contributed by atoms with van der Waals surface area (Å²) in [4.78, 5) is 31.2. The molecule has 0 aliphatic carbocycles. The number of hydrogen-bond donors (Lipinski definition) is 2. The molecule has 2 aliphatic rings. The summed E-state index contributed by atoms with van der Waals surface area (Å²) in [5.41, 5.74) is 2.74. The second-order valence-electron chi connectivity index (χ2n) is 11.2. The van der Waals surface area contributed by atoms with Gasteiger partial charge in [-0.3, -0.25) is 14.5 Å². The van der Waals surface area contributed by atoms with Crippen LogP contribution in [0.1, 0.15) is 52.7 Å². The van der Waals surface area contributed by atoms with E-state index < -0.39 is 16.7 Å². The number of phenols is 1. The molecule has 4 rings (SSSR count). The van der Waals surface area contributed by atoms with Crippen LogP contribution in [0.25, 0.3) is 0 Å². The lowest BCUT2D eigenvalue weighted by atomic mass is 9.79. The molecule has 2 N–H and O–H groups in total. The number of imide groups is 1. The van der Waals surface area contributed by atoms with Gasteiger partial charge in [-0.25, -0.2) is 9.69 Å². The Bertz CT molecular complexity index is 1290. The third-order valence-corrected chi connectivity index (χ3v) is 7.78. The molecule has 0 radical (unpaired) electrons. The number of carbonyl (C=O) groups excluding carboxylic acids is 2. The molecular weight excluding hydrogens is 508 g/mol. The first-order chi connectivity index (χ1) is 16.7. The SMILES string of the molecule is CN(C1=CC=CS1=N)c1ccc(N2C(=O)CN(c3cc(C(C)(C)C)c(O)c(C(C)(C)C)c3)C2=O)cc1.Cl. The summed E-state index contributed by atoms with van der Waals surface area (Å²) in [6.07, 6.45) is 3.80. The van der Waals surface area contributed by atoms with Crippen molar-refractivity contribution in [2.24, 2.45) is 0 Å². The van der Waals surface area contributed by atoms with Crippen LogP contribution < -0.4 is 14.7 Å². The van der Waals surface area contributed by atoms with Gasteiger partial charge in [-0.1, -0.05) is 47.6 Å². The fourth-order valence-electron chi connectivity index (χ4n) is 4.43. The minimum atomic E-state index is -0.691. The Morgan fingerprint density at radius 3 is 1.95 bits per heavy atom. The Balaban J connectivity index is 0.00000380. The number of anilines is 3. The van der Waals surface area contributed by atoms with E-state index in [1.807, 2.05) is 95.3 Å². The quantitative estimate of drug-likeness (QED) is 0.428. The Labute approximate surface area is 227 Å². The first-order valence-corrected chi connectivity index (χ1v) is 13.2. The van der Waals surface area contributed by atoms with Crippen molar-refractivity contribution in [1.29, 1.82) is 4.78 Å². The highest BCUT2D eigenvalue weighted by Gasteiger charge is 2.39. The monoisotopic (exact) mass is 542 g/mol. The number of amides is 3. The maximum atomic E-state index is 13.5. The van der Waals surface area contributed by atoms with Crippen LogP contribution in [0, 0.1) is 4.78 Å². The normalized spacial score (nSPS) is 17.8. The first-order valence-electron chi connectivity index (χ1n) is 11.9. The van der Waals surface area contributed by atoms with Crippen LogP contribution in [-0.4, -0.2) is 30.6 Å². The van der Waals surface area contributed by atoms with Gasteiger partial charge < -0.3 is 10.0 Å². The van der Waals surface area contributed by atoms with Gasteiger partial charge >= 0.3 is 6.03 Å². The van der Waals surface area contributed by atoms with E-state index in [2.05, 4.69) is 0 Å². The number of rotatable bonds is 4. The van der Waals surface area contributed by atoms with Crippen molar-refractivity contribution < 1.29 is 14.7 Å². The molecule has 7 nitrogen and oxygen atoms in total. The Morgan fingerprint density at radius 2 is 1.49 bits per heavy atom. The third-order valence-electron chi connectivity index (χ3n) is 6.49. The van der Waals surface area contributed by atoms with Gasteiger partial charge in [0.1, 0.15) is 12.3 Å². The van der Waals surface area contributed by atoms with E-state index in [-0.39, 0.29) is 41.4 Å². The van der Waals surface area contributed by atoms with E-state index >= 15 is 0 Å². The molecule has 1 fully saturated rings. The Morgan fingerprint density at radius 1 is 0.946 bits per heavy atom. The van der Waals surface area contributed by atoms with Crippen molar-refractivity contribution in [2.45, 2.75) is 52.4 Å². The summed E-state index contributed by atoms with van der Waals surface area (Å²) in [5.74, 6) is -0.0735. The average Bonchev–Trinajstić information content (AvgIpc) is 3.34. The van der Waals surface area contributed by atoms with Crippen LogP contribution >= 0.6 is 12.4 Å². The predicted octanol–water partition coefficient (Wildman–Crippen LogP) is 6.57. The van der Waals surface area contributed by atoms with Crippen LogP contribution in [0.4, 0.5) is 21.9 Å². The first kappa shape index (κ1) is 28.5. The summed E-state index contributed by atoms with van der Waals surface area (Å²) < 4.78 is 8.14. The zero-order valence-electron chi connectivity index (χ0n) is 22.3. The number of allylic oxidation sites excluding steroid dienone is 2. The number of hydrogen-bond acceptors (Lipinski definition) is 5. The number of aromatic hydroxyl groups is 1. The molecule has 1 atom stereocenters. The summed E-state index contributed by atoms with van der Waals surface area (Å²) in [6, 6.07) is 10.4. The van der Waals surface area contributed by atoms with Crippen LogP contribution in [0.5, 0.6) is 5.75 Å². The standard InChI is InChI=1S/C28H34N4O3S.ClH/c1-27(2,3)21-15-20(16-22(25(21)34)28(4,5)6)31-17-23(33)32(26(31)35)19-12-10-18(11-13-19)30(7)24-9-8-14-36(24)29;/h8-16,29,34H,17H2,1-7H3;1H. The number of nitrogens with zero attached hydrogens (tertiary/aromatic N) is 3. The highest BCUT2D eigenvalue weighted by molar-refractivity contribution is 7.93. The van der Waals surface area contributed by atoms with Crippen molar-refractivity contribution in [3.8, 4) is 5.75 Å². The number of urea groups is 1. The lowest BCUT2D eigenvalue weighted by Gasteiger charge is -2.29. The second kappa shape index (κ2) is 9.99. The van der Waals surface area contributed by atoms with Gasteiger partial charge in [0.05, 0.1) is 10.7 Å². The predicted molar refractivity (Wildman–Crippen MR) is 155 cm³/mol. The summed E-state index contributed by atoms with van der Waals surface area (Å²) in [7, 11) is 1.21. The van der Waals surface area contributed by atoms with E-state index in [1.54, 1.807) is 12.1 Å². The molecular formula is C28H35ClN4O3S. The zero-order valence-corrected chi connectivity index (χ0v) is 24.0. The summed E-state index contributed by atoms with van der Waals surface area (Å²) >= 11 is 0. The molecule has 37 heavy (non-hydrogen) atoms. The third kappa shape index (κ3) is 5.31. The minimum Gasteiger partial charge on any atom is -0.507 e. The molecule has 0 saturated carbocycles. The topological polar surface area (TPSA) is 87.9 Å². The number of halogens is 1. The molecule has 0 bridgehead atoms. The highest BCUT2D eigenvalue weighted by atomic mass is 35.5. The van der Waals surface area contributed by atoms with Crippen LogP contribution in [0.15, 0.2) is 59.0 Å². The van der Waals surface area contributed by atoms with Crippen molar-refractivity contribution in [1.82, 2.24) is 0 Å². The van der Waals surface area contributed by atoms with Crippen LogP contribution in [0.2, 0.25) is 0 Å². The van der Waals surface area contributed by atoms with Crippen LogP contribution in [0.3, 0.4) is 0 Å². The molecule has 9 heteroatoms. The van der Waals surface area contributed by atoms with Crippen molar-refractivity contribution >= 4 is 52.1 Å². The van der Waals surface area contributed by atoms with Crippen LogP contribution in [-0.2, 0) is 26.3 Å². The van der Waals surface area contributed by atoms with Gasteiger partial charge in [-0.2, -0.15) is 0 Å². The van der Waals surface area contributed by atoms with Gasteiger partial charge in [0.25, 0.3) is 5.91 Å². The Hall–Kier alpha value is -3.10.